The number of anilines is 1. The smallest absolute Gasteiger partial charge is 0.265 e. The van der Waals surface area contributed by atoms with Crippen LogP contribution in [-0.2, 0) is 21.4 Å². The van der Waals surface area contributed by atoms with E-state index in [0.717, 1.165) is 27.4 Å². The Bertz CT molecular complexity index is 1280. The van der Waals surface area contributed by atoms with E-state index in [2.05, 4.69) is 15.6 Å². The minimum absolute atomic E-state index is 0.101. The average molecular weight is 529 g/mol. The van der Waals surface area contributed by atoms with Gasteiger partial charge < -0.3 is 10.6 Å². The summed E-state index contributed by atoms with van der Waals surface area (Å²) in [5, 5.41) is 6.21. The molecule has 0 radical (unpaired) electrons. The van der Waals surface area contributed by atoms with Gasteiger partial charge in [-0.3, -0.25) is 9.10 Å². The number of nitrogens with one attached hydrogen (secondary N) is 2. The lowest BCUT2D eigenvalue weighted by atomic mass is 10.2. The molecule has 3 aromatic rings. The molecule has 1 amide bonds. The van der Waals surface area contributed by atoms with Crippen molar-refractivity contribution in [2.75, 3.05) is 17.9 Å². The van der Waals surface area contributed by atoms with Crippen molar-refractivity contribution in [1.82, 2.24) is 15.6 Å². The monoisotopic (exact) mass is 528 g/mol. The molecule has 2 N–H and O–H groups in total. The van der Waals surface area contributed by atoms with Crippen LogP contribution in [0.25, 0.3) is 0 Å². The molecule has 0 fully saturated rings. The van der Waals surface area contributed by atoms with Crippen LogP contribution in [0.2, 0.25) is 5.02 Å². The van der Waals surface area contributed by atoms with Crippen molar-refractivity contribution >= 4 is 44.6 Å². The molecule has 12 heteroatoms. The summed E-state index contributed by atoms with van der Waals surface area (Å²) in [5.41, 5.74) is 0.203. The van der Waals surface area contributed by atoms with E-state index >= 15 is 0 Å². The highest BCUT2D eigenvalue weighted by atomic mass is 35.5. The number of carbonyl (C=O) groups excluding carboxylic acids is 1. The van der Waals surface area contributed by atoms with E-state index in [4.69, 9.17) is 11.6 Å². The maximum absolute atomic E-state index is 14.8. The lowest BCUT2D eigenvalue weighted by molar-refractivity contribution is -0.119. The fourth-order valence-electron chi connectivity index (χ4n) is 3.19. The first-order chi connectivity index (χ1) is 16.0. The van der Waals surface area contributed by atoms with Crippen LogP contribution in [0.15, 0.2) is 47.4 Å². The van der Waals surface area contributed by atoms with E-state index in [-0.39, 0.29) is 17.3 Å². The van der Waals surface area contributed by atoms with E-state index < -0.39 is 33.4 Å². The minimum atomic E-state index is -4.33. The molecule has 0 saturated carbocycles. The van der Waals surface area contributed by atoms with Crippen molar-refractivity contribution < 1.29 is 22.0 Å². The molecule has 0 aliphatic rings. The van der Waals surface area contributed by atoms with E-state index in [1.165, 1.54) is 42.6 Å². The van der Waals surface area contributed by atoms with Crippen LogP contribution < -0.4 is 14.9 Å². The van der Waals surface area contributed by atoms with Crippen LogP contribution >= 0.6 is 22.9 Å². The van der Waals surface area contributed by atoms with Crippen molar-refractivity contribution in [2.45, 2.75) is 31.3 Å². The van der Waals surface area contributed by atoms with Crippen molar-refractivity contribution in [3.63, 3.8) is 0 Å². The Morgan fingerprint density at radius 3 is 2.53 bits per heavy atom. The van der Waals surface area contributed by atoms with Crippen LogP contribution in [0.5, 0.6) is 0 Å². The first kappa shape index (κ1) is 26.0. The first-order valence-electron chi connectivity index (χ1n) is 10.2. The minimum Gasteiger partial charge on any atom is -0.358 e. The van der Waals surface area contributed by atoms with Gasteiger partial charge in [-0.1, -0.05) is 11.6 Å². The zero-order chi connectivity index (χ0) is 25.0. The summed E-state index contributed by atoms with van der Waals surface area (Å²) < 4.78 is 56.9. The van der Waals surface area contributed by atoms with Gasteiger partial charge in [0.15, 0.2) is 0 Å². The number of aromatic nitrogens is 1. The number of benzene rings is 2. The third-order valence-corrected chi connectivity index (χ3v) is 8.46. The standard InChI is InChI=1S/C22H23ClF2N4O3S2/c1-13-20(11-27-12-21(30)26-3)33-22(28-13)14(2)29(19-10-16(24)6-9-18(19)25)34(31,32)17-7-4-15(23)5-8-17/h4-10,14,27H,11-12H2,1-3H3,(H,26,30). The van der Waals surface area contributed by atoms with E-state index in [1.807, 2.05) is 0 Å². The second-order valence-corrected chi connectivity index (χ2v) is 10.7. The summed E-state index contributed by atoms with van der Waals surface area (Å²) in [4.78, 5) is 16.6. The van der Waals surface area contributed by atoms with Crippen LogP contribution in [-0.4, -0.2) is 32.9 Å². The van der Waals surface area contributed by atoms with Crippen LogP contribution in [0.1, 0.15) is 28.5 Å². The van der Waals surface area contributed by atoms with E-state index in [9.17, 15) is 22.0 Å². The zero-order valence-electron chi connectivity index (χ0n) is 18.6. The van der Waals surface area contributed by atoms with Crippen LogP contribution in [0.3, 0.4) is 0 Å². The lowest BCUT2D eigenvalue weighted by Crippen LogP contribution is -2.34. The number of rotatable bonds is 9. The topological polar surface area (TPSA) is 91.4 Å². The highest BCUT2D eigenvalue weighted by Gasteiger charge is 2.34. The molecule has 0 spiro atoms. The number of aryl methyl sites for hydroxylation is 1. The van der Waals surface area contributed by atoms with Crippen LogP contribution in [0.4, 0.5) is 14.5 Å². The number of hydrogen-bond acceptors (Lipinski definition) is 6. The molecule has 1 atom stereocenters. The normalized spacial score (nSPS) is 12.4. The third kappa shape index (κ3) is 5.72. The third-order valence-electron chi connectivity index (χ3n) is 4.98. The second kappa shape index (κ2) is 10.8. The Hall–Kier alpha value is -2.60. The fourth-order valence-corrected chi connectivity index (χ4v) is 6.09. The molecule has 182 valence electrons. The quantitative estimate of drug-likeness (QED) is 0.435. The van der Waals surface area contributed by atoms with Gasteiger partial charge in [-0.25, -0.2) is 22.2 Å². The van der Waals surface area contributed by atoms with E-state index in [1.54, 1.807) is 13.8 Å². The van der Waals surface area contributed by atoms with Gasteiger partial charge in [0.25, 0.3) is 10.0 Å². The SMILES string of the molecule is CNC(=O)CNCc1sc(C(C)N(c2cc(F)ccc2F)S(=O)(=O)c2ccc(Cl)cc2)nc1C. The summed E-state index contributed by atoms with van der Waals surface area (Å²) in [6, 6.07) is 7.08. The molecule has 0 bridgehead atoms. The number of likely N-dealkylation sites (N-methyl/N-ethyl adjacent to an activating group) is 1. The molecule has 1 heterocycles. The summed E-state index contributed by atoms with van der Waals surface area (Å²) in [6.07, 6.45) is 0. The van der Waals surface area contributed by atoms with Gasteiger partial charge in [0.2, 0.25) is 5.91 Å². The fraction of sp³-hybridized carbons (Fsp3) is 0.273. The van der Waals surface area contributed by atoms with Gasteiger partial charge in [0.1, 0.15) is 16.6 Å². The molecule has 1 unspecified atom stereocenters. The molecular formula is C22H23ClF2N4O3S2. The maximum Gasteiger partial charge on any atom is 0.265 e. The van der Waals surface area contributed by atoms with Gasteiger partial charge in [0, 0.05) is 29.6 Å². The Morgan fingerprint density at radius 1 is 1.21 bits per heavy atom. The summed E-state index contributed by atoms with van der Waals surface area (Å²) in [6.45, 7) is 3.74. The van der Waals surface area contributed by atoms with Crippen molar-refractivity contribution in [3.05, 3.63) is 74.7 Å². The van der Waals surface area contributed by atoms with Gasteiger partial charge in [-0.15, -0.1) is 11.3 Å². The highest BCUT2D eigenvalue weighted by molar-refractivity contribution is 7.92. The highest BCUT2D eigenvalue weighted by Crippen LogP contribution is 2.37. The van der Waals surface area contributed by atoms with Gasteiger partial charge in [-0.05, 0) is 50.2 Å². The second-order valence-electron chi connectivity index (χ2n) is 7.36. The Labute approximate surface area is 205 Å². The maximum atomic E-state index is 14.8. The van der Waals surface area contributed by atoms with Crippen molar-refractivity contribution in [2.24, 2.45) is 0 Å². The van der Waals surface area contributed by atoms with Gasteiger partial charge in [-0.2, -0.15) is 0 Å². The predicted molar refractivity (Wildman–Crippen MR) is 129 cm³/mol. The van der Waals surface area contributed by atoms with Crippen molar-refractivity contribution in [3.8, 4) is 0 Å². The summed E-state index contributed by atoms with van der Waals surface area (Å²) >= 11 is 7.12. The molecule has 0 saturated heterocycles. The Kier molecular flexibility index (Phi) is 8.24. The van der Waals surface area contributed by atoms with Crippen molar-refractivity contribution in [1.29, 1.82) is 0 Å². The molecule has 7 nitrogen and oxygen atoms in total. The first-order valence-corrected chi connectivity index (χ1v) is 12.8. The lowest BCUT2D eigenvalue weighted by Gasteiger charge is -2.29. The molecule has 1 aromatic heterocycles. The van der Waals surface area contributed by atoms with E-state index in [0.29, 0.717) is 22.3 Å². The number of thiazole rings is 1. The van der Waals surface area contributed by atoms with Gasteiger partial charge >= 0.3 is 0 Å². The number of amides is 1. The number of sulfonamides is 1. The van der Waals surface area contributed by atoms with Gasteiger partial charge in [0.05, 0.1) is 28.9 Å². The molecule has 0 aliphatic carbocycles. The molecule has 2 aromatic carbocycles. The molecular weight excluding hydrogens is 506 g/mol. The average Bonchev–Trinajstić information content (AvgIpc) is 3.16. The summed E-state index contributed by atoms with van der Waals surface area (Å²) in [5.74, 6) is -1.86. The number of nitrogens with zero attached hydrogens (tertiary/aromatic N) is 2. The Morgan fingerprint density at radius 2 is 1.88 bits per heavy atom. The molecule has 34 heavy (non-hydrogen) atoms. The largest absolute Gasteiger partial charge is 0.358 e. The Balaban J connectivity index is 2.03. The molecule has 3 rings (SSSR count). The van der Waals surface area contributed by atoms with Crippen LogP contribution in [0, 0.1) is 18.6 Å². The number of halogens is 3. The molecule has 0 aliphatic heterocycles. The summed E-state index contributed by atoms with van der Waals surface area (Å²) in [7, 11) is -2.80. The zero-order valence-corrected chi connectivity index (χ0v) is 21.0. The number of carbonyl (C=O) groups is 1. The predicted octanol–water partition coefficient (Wildman–Crippen LogP) is 4.18. The number of hydrogen-bond donors (Lipinski definition) is 2.